The second-order valence-electron chi connectivity index (χ2n) is 4.45. The molecule has 0 fully saturated rings. The number of nitrogens with one attached hydrogen (secondary N) is 1. The van der Waals surface area contributed by atoms with E-state index in [2.05, 4.69) is 62.6 Å². The van der Waals surface area contributed by atoms with Crippen LogP contribution in [-0.4, -0.2) is 14.1 Å². The topological polar surface area (TPSA) is 4.44 Å². The van der Waals surface area contributed by atoms with Gasteiger partial charge in [0, 0.05) is 5.56 Å². The molecular formula is C15H18ClN. The maximum Gasteiger partial charge on any atom is 0.102 e. The van der Waals surface area contributed by atoms with Crippen LogP contribution in [0.5, 0.6) is 0 Å². The Bertz CT molecular complexity index is 434. The van der Waals surface area contributed by atoms with Gasteiger partial charge in [-0.05, 0) is 11.1 Å². The minimum Gasteiger partial charge on any atom is -1.00 e. The number of hydrogen-bond acceptors (Lipinski definition) is 0. The minimum atomic E-state index is 0. The molecule has 2 rings (SSSR count). The van der Waals surface area contributed by atoms with E-state index in [0.717, 1.165) is 6.54 Å². The number of benzene rings is 2. The Morgan fingerprint density at radius 2 is 1.29 bits per heavy atom. The van der Waals surface area contributed by atoms with Crippen LogP contribution in [0, 0.1) is 0 Å². The number of halogens is 1. The van der Waals surface area contributed by atoms with Crippen molar-refractivity contribution in [1.29, 1.82) is 0 Å². The molecule has 0 heterocycles. The quantitative estimate of drug-likeness (QED) is 0.710. The van der Waals surface area contributed by atoms with Crippen molar-refractivity contribution in [3.8, 4) is 11.1 Å². The fraction of sp³-hybridized carbons (Fsp3) is 0.200. The van der Waals surface area contributed by atoms with Crippen LogP contribution < -0.4 is 17.3 Å². The van der Waals surface area contributed by atoms with E-state index in [1.54, 1.807) is 0 Å². The average Bonchev–Trinajstić information content (AvgIpc) is 2.30. The summed E-state index contributed by atoms with van der Waals surface area (Å²) in [5, 5.41) is 0. The molecule has 0 unspecified atom stereocenters. The van der Waals surface area contributed by atoms with Crippen LogP contribution in [-0.2, 0) is 6.54 Å². The van der Waals surface area contributed by atoms with Crippen LogP contribution in [0.1, 0.15) is 5.56 Å². The van der Waals surface area contributed by atoms with E-state index in [4.69, 9.17) is 0 Å². The van der Waals surface area contributed by atoms with Crippen molar-refractivity contribution < 1.29 is 17.3 Å². The average molecular weight is 248 g/mol. The largest absolute Gasteiger partial charge is 1.00 e. The van der Waals surface area contributed by atoms with E-state index >= 15 is 0 Å². The van der Waals surface area contributed by atoms with Gasteiger partial charge in [-0.2, -0.15) is 0 Å². The summed E-state index contributed by atoms with van der Waals surface area (Å²) in [6.07, 6.45) is 0. The summed E-state index contributed by atoms with van der Waals surface area (Å²) in [5.74, 6) is 0. The smallest absolute Gasteiger partial charge is 0.102 e. The molecule has 0 aliphatic carbocycles. The van der Waals surface area contributed by atoms with Gasteiger partial charge in [0.1, 0.15) is 6.54 Å². The van der Waals surface area contributed by atoms with Gasteiger partial charge in [0.15, 0.2) is 0 Å². The third kappa shape index (κ3) is 3.88. The highest BCUT2D eigenvalue weighted by Gasteiger charge is 1.99. The lowest BCUT2D eigenvalue weighted by molar-refractivity contribution is -0.872. The normalized spacial score (nSPS) is 10.1. The van der Waals surface area contributed by atoms with Gasteiger partial charge < -0.3 is 17.3 Å². The van der Waals surface area contributed by atoms with Gasteiger partial charge in [0.05, 0.1) is 14.1 Å². The minimum absolute atomic E-state index is 0. The standard InChI is InChI=1S/C15H17N.ClH/c1-16(2)12-13-8-10-15(11-9-13)14-6-4-3-5-7-14;/h3-11H,12H2,1-2H3;1H. The van der Waals surface area contributed by atoms with Gasteiger partial charge in [-0.1, -0.05) is 54.6 Å². The lowest BCUT2D eigenvalue weighted by Gasteiger charge is -2.08. The van der Waals surface area contributed by atoms with Crippen molar-refractivity contribution in [2.45, 2.75) is 6.54 Å². The maximum absolute atomic E-state index is 2.22. The third-order valence-electron chi connectivity index (χ3n) is 2.62. The highest BCUT2D eigenvalue weighted by atomic mass is 35.5. The van der Waals surface area contributed by atoms with E-state index in [1.165, 1.54) is 21.6 Å². The molecule has 17 heavy (non-hydrogen) atoms. The Morgan fingerprint density at radius 1 is 0.765 bits per heavy atom. The molecule has 0 aromatic heterocycles. The fourth-order valence-electron chi connectivity index (χ4n) is 1.85. The summed E-state index contributed by atoms with van der Waals surface area (Å²) in [6, 6.07) is 19.3. The van der Waals surface area contributed by atoms with Crippen molar-refractivity contribution in [1.82, 2.24) is 0 Å². The Balaban J connectivity index is 0.00000144. The molecule has 0 bridgehead atoms. The first-order valence-electron chi connectivity index (χ1n) is 5.69. The van der Waals surface area contributed by atoms with Crippen molar-refractivity contribution in [3.05, 3.63) is 60.2 Å². The van der Waals surface area contributed by atoms with Gasteiger partial charge >= 0.3 is 0 Å². The summed E-state index contributed by atoms with van der Waals surface area (Å²) in [5.41, 5.74) is 3.96. The van der Waals surface area contributed by atoms with Crippen molar-refractivity contribution >= 4 is 0 Å². The van der Waals surface area contributed by atoms with Crippen molar-refractivity contribution in [2.75, 3.05) is 14.1 Å². The lowest BCUT2D eigenvalue weighted by atomic mass is 10.0. The first-order chi connectivity index (χ1) is 7.75. The van der Waals surface area contributed by atoms with Gasteiger partial charge in [-0.3, -0.25) is 0 Å². The summed E-state index contributed by atoms with van der Waals surface area (Å²) in [6.45, 7) is 1.08. The zero-order valence-corrected chi connectivity index (χ0v) is 11.0. The fourth-order valence-corrected chi connectivity index (χ4v) is 1.85. The summed E-state index contributed by atoms with van der Waals surface area (Å²) in [4.78, 5) is 1.45. The molecule has 2 aromatic carbocycles. The summed E-state index contributed by atoms with van der Waals surface area (Å²) >= 11 is 0. The highest BCUT2D eigenvalue weighted by Crippen LogP contribution is 2.18. The lowest BCUT2D eigenvalue weighted by Crippen LogP contribution is -3.04. The van der Waals surface area contributed by atoms with Gasteiger partial charge in [-0.15, -0.1) is 0 Å². The molecule has 90 valence electrons. The number of hydrogen-bond donors (Lipinski definition) is 1. The van der Waals surface area contributed by atoms with Crippen LogP contribution in [0.4, 0.5) is 0 Å². The Labute approximate surface area is 109 Å². The van der Waals surface area contributed by atoms with E-state index < -0.39 is 0 Å². The molecule has 0 aliphatic rings. The van der Waals surface area contributed by atoms with Gasteiger partial charge in [0.25, 0.3) is 0 Å². The SMILES string of the molecule is C[NH+](C)Cc1ccc(-c2ccccc2)cc1.[Cl-]. The summed E-state index contributed by atoms with van der Waals surface area (Å²) in [7, 11) is 4.34. The van der Waals surface area contributed by atoms with Crippen molar-refractivity contribution in [3.63, 3.8) is 0 Å². The molecule has 0 saturated heterocycles. The van der Waals surface area contributed by atoms with Crippen molar-refractivity contribution in [2.24, 2.45) is 0 Å². The van der Waals surface area contributed by atoms with E-state index in [1.807, 2.05) is 6.07 Å². The monoisotopic (exact) mass is 247 g/mol. The third-order valence-corrected chi connectivity index (χ3v) is 2.62. The predicted molar refractivity (Wildman–Crippen MR) is 68.4 cm³/mol. The molecular weight excluding hydrogens is 230 g/mol. The second-order valence-corrected chi connectivity index (χ2v) is 4.45. The van der Waals surface area contributed by atoms with Crippen LogP contribution in [0.3, 0.4) is 0 Å². The Kier molecular flexibility index (Phi) is 5.20. The molecule has 0 spiro atoms. The molecule has 2 heteroatoms. The molecule has 0 amide bonds. The Hall–Kier alpha value is -1.31. The molecule has 0 aliphatic heterocycles. The second kappa shape index (κ2) is 6.43. The molecule has 1 N–H and O–H groups in total. The van der Waals surface area contributed by atoms with E-state index in [0.29, 0.717) is 0 Å². The van der Waals surface area contributed by atoms with Crippen LogP contribution in [0.15, 0.2) is 54.6 Å². The first kappa shape index (κ1) is 13.8. The van der Waals surface area contributed by atoms with E-state index in [9.17, 15) is 0 Å². The zero-order valence-electron chi connectivity index (χ0n) is 10.3. The van der Waals surface area contributed by atoms with Crippen LogP contribution >= 0.6 is 0 Å². The molecule has 0 radical (unpaired) electrons. The predicted octanol–water partition coefficient (Wildman–Crippen LogP) is -0.998. The maximum atomic E-state index is 2.22. The van der Waals surface area contributed by atoms with Crippen LogP contribution in [0.25, 0.3) is 11.1 Å². The van der Waals surface area contributed by atoms with E-state index in [-0.39, 0.29) is 12.4 Å². The zero-order chi connectivity index (χ0) is 11.4. The molecule has 0 saturated carbocycles. The first-order valence-corrected chi connectivity index (χ1v) is 5.69. The number of quaternary nitrogens is 1. The van der Waals surface area contributed by atoms with Gasteiger partial charge in [-0.25, -0.2) is 0 Å². The number of rotatable bonds is 3. The Morgan fingerprint density at radius 3 is 1.82 bits per heavy atom. The summed E-state index contributed by atoms with van der Waals surface area (Å²) < 4.78 is 0. The highest BCUT2D eigenvalue weighted by molar-refractivity contribution is 5.63. The molecule has 1 nitrogen and oxygen atoms in total. The molecule has 0 atom stereocenters. The van der Waals surface area contributed by atoms with Gasteiger partial charge in [0.2, 0.25) is 0 Å². The van der Waals surface area contributed by atoms with Crippen LogP contribution in [0.2, 0.25) is 0 Å². The molecule has 2 aromatic rings.